The highest BCUT2D eigenvalue weighted by Gasteiger charge is 2.31. The zero-order chi connectivity index (χ0) is 25.7. The summed E-state index contributed by atoms with van der Waals surface area (Å²) in [4.78, 5) is 46.4. The Hall–Kier alpha value is -3.59. The van der Waals surface area contributed by atoms with Crippen LogP contribution in [0.15, 0.2) is 59.7 Å². The fourth-order valence-corrected chi connectivity index (χ4v) is 4.37. The molecule has 190 valence electrons. The third kappa shape index (κ3) is 6.34. The number of aryl methyl sites for hydroxylation is 1. The summed E-state index contributed by atoms with van der Waals surface area (Å²) in [5.41, 5.74) is 1.08. The first kappa shape index (κ1) is 25.5. The summed E-state index contributed by atoms with van der Waals surface area (Å²) in [6.07, 6.45) is 1.07. The van der Waals surface area contributed by atoms with Gasteiger partial charge in [0.15, 0.2) is 0 Å². The second kappa shape index (κ2) is 11.4. The van der Waals surface area contributed by atoms with E-state index in [1.165, 1.54) is 27.9 Å². The molecule has 3 aromatic rings. The van der Waals surface area contributed by atoms with E-state index in [0.717, 1.165) is 0 Å². The monoisotopic (exact) mass is 494 g/mol. The van der Waals surface area contributed by atoms with Gasteiger partial charge >= 0.3 is 0 Å². The second-order valence-electron chi connectivity index (χ2n) is 9.54. The molecular weight excluding hydrogens is 463 g/mol. The van der Waals surface area contributed by atoms with Gasteiger partial charge in [0.25, 0.3) is 5.56 Å². The van der Waals surface area contributed by atoms with Crippen molar-refractivity contribution in [1.82, 2.24) is 19.4 Å². The maximum absolute atomic E-state index is 13.6. The molecule has 1 fully saturated rings. The molecule has 9 heteroatoms. The molecule has 36 heavy (non-hydrogen) atoms. The number of halogens is 1. The lowest BCUT2D eigenvalue weighted by Crippen LogP contribution is -2.41. The number of carbonyl (C=O) groups is 2. The normalized spacial score (nSPS) is 16.6. The topological polar surface area (TPSA) is 84.7 Å². The Morgan fingerprint density at radius 3 is 2.72 bits per heavy atom. The average Bonchev–Trinajstić information content (AvgIpc) is 3.00. The fourth-order valence-electron chi connectivity index (χ4n) is 4.37. The highest BCUT2D eigenvalue weighted by molar-refractivity contribution is 5.85. The van der Waals surface area contributed by atoms with E-state index in [9.17, 15) is 18.8 Å². The van der Waals surface area contributed by atoms with E-state index in [2.05, 4.69) is 4.98 Å². The van der Waals surface area contributed by atoms with Crippen molar-refractivity contribution in [2.24, 2.45) is 5.92 Å². The van der Waals surface area contributed by atoms with Crippen LogP contribution in [0.25, 0.3) is 10.9 Å². The zero-order valence-corrected chi connectivity index (χ0v) is 20.6. The van der Waals surface area contributed by atoms with Gasteiger partial charge in [-0.2, -0.15) is 0 Å². The van der Waals surface area contributed by atoms with Crippen LogP contribution in [0, 0.1) is 11.7 Å². The Kier molecular flexibility index (Phi) is 8.10. The van der Waals surface area contributed by atoms with Crippen LogP contribution in [0.4, 0.5) is 4.39 Å². The molecule has 0 aliphatic carbocycles. The molecule has 0 unspecified atom stereocenters. The predicted octanol–water partition coefficient (Wildman–Crippen LogP) is 2.84. The number of fused-ring (bicyclic) bond motifs is 1. The van der Waals surface area contributed by atoms with Gasteiger partial charge in [-0.3, -0.25) is 19.0 Å². The van der Waals surface area contributed by atoms with Crippen molar-refractivity contribution >= 4 is 22.7 Å². The summed E-state index contributed by atoms with van der Waals surface area (Å²) >= 11 is 0. The van der Waals surface area contributed by atoms with Crippen LogP contribution in [0.2, 0.25) is 0 Å². The summed E-state index contributed by atoms with van der Waals surface area (Å²) in [6, 6.07) is 13.2. The molecule has 0 N–H and O–H groups in total. The van der Waals surface area contributed by atoms with Gasteiger partial charge in [0, 0.05) is 32.6 Å². The summed E-state index contributed by atoms with van der Waals surface area (Å²) in [5.74, 6) is -0.469. The van der Waals surface area contributed by atoms with Crippen LogP contribution >= 0.6 is 0 Å². The third-order valence-corrected chi connectivity index (χ3v) is 6.14. The summed E-state index contributed by atoms with van der Waals surface area (Å²) < 4.78 is 21.0. The van der Waals surface area contributed by atoms with E-state index in [4.69, 9.17) is 4.74 Å². The molecule has 2 amide bonds. The summed E-state index contributed by atoms with van der Waals surface area (Å²) in [5, 5.41) is 0.493. The van der Waals surface area contributed by atoms with E-state index in [-0.39, 0.29) is 61.8 Å². The molecule has 0 saturated carbocycles. The molecule has 8 nitrogen and oxygen atoms in total. The first-order valence-corrected chi connectivity index (χ1v) is 12.2. The van der Waals surface area contributed by atoms with Crippen LogP contribution in [-0.2, 0) is 27.5 Å². The van der Waals surface area contributed by atoms with Crippen LogP contribution < -0.4 is 5.56 Å². The third-order valence-electron chi connectivity index (χ3n) is 6.14. The Morgan fingerprint density at radius 1 is 1.14 bits per heavy atom. The maximum atomic E-state index is 13.6. The van der Waals surface area contributed by atoms with Gasteiger partial charge in [-0.25, -0.2) is 9.37 Å². The summed E-state index contributed by atoms with van der Waals surface area (Å²) in [7, 11) is 0. The van der Waals surface area contributed by atoms with E-state index >= 15 is 0 Å². The lowest BCUT2D eigenvalue weighted by molar-refractivity contribution is -0.139. The standard InChI is InChI=1S/C27H31FN4O4/c1-19(2)13-31-14-22(36-17-20-6-5-7-21(28)12-20)15-32(16-26(31)34)25(33)10-11-30-18-29-24-9-4-3-8-23(24)27(30)35/h3-9,12,18-19,22H,10-11,13-17H2,1-2H3/t22-/m1/s1. The van der Waals surface area contributed by atoms with Gasteiger partial charge in [-0.1, -0.05) is 38.1 Å². The van der Waals surface area contributed by atoms with Crippen LogP contribution in [0.1, 0.15) is 25.8 Å². The average molecular weight is 495 g/mol. The lowest BCUT2D eigenvalue weighted by Gasteiger charge is -2.26. The van der Waals surface area contributed by atoms with Gasteiger partial charge in [0.05, 0.1) is 36.5 Å². The molecule has 1 atom stereocenters. The Bertz CT molecular complexity index is 1290. The molecule has 1 aromatic heterocycles. The first-order valence-electron chi connectivity index (χ1n) is 12.2. The fraction of sp³-hybridized carbons (Fsp3) is 0.407. The quantitative estimate of drug-likeness (QED) is 0.481. The number of benzene rings is 2. The molecule has 2 heterocycles. The zero-order valence-electron chi connectivity index (χ0n) is 20.6. The molecular formula is C27H31FN4O4. The van der Waals surface area contributed by atoms with Crippen molar-refractivity contribution in [2.45, 2.75) is 39.5 Å². The van der Waals surface area contributed by atoms with E-state index in [1.807, 2.05) is 19.9 Å². The number of nitrogens with zero attached hydrogens (tertiary/aromatic N) is 4. The van der Waals surface area contributed by atoms with Crippen molar-refractivity contribution in [3.8, 4) is 0 Å². The van der Waals surface area contributed by atoms with Gasteiger partial charge < -0.3 is 14.5 Å². The minimum atomic E-state index is -0.424. The van der Waals surface area contributed by atoms with Gasteiger partial charge in [0.2, 0.25) is 11.8 Å². The highest BCUT2D eigenvalue weighted by Crippen LogP contribution is 2.15. The van der Waals surface area contributed by atoms with Crippen LogP contribution in [0.3, 0.4) is 0 Å². The Morgan fingerprint density at radius 2 is 1.94 bits per heavy atom. The molecule has 0 bridgehead atoms. The van der Waals surface area contributed by atoms with Crippen LogP contribution in [-0.4, -0.2) is 63.4 Å². The van der Waals surface area contributed by atoms with Gasteiger partial charge in [-0.05, 0) is 35.7 Å². The minimum Gasteiger partial charge on any atom is -0.370 e. The Balaban J connectivity index is 1.46. The Labute approximate surface area is 209 Å². The number of hydrogen-bond acceptors (Lipinski definition) is 5. The van der Waals surface area contributed by atoms with E-state index in [1.54, 1.807) is 35.2 Å². The number of hydrogen-bond donors (Lipinski definition) is 0. The summed E-state index contributed by atoms with van der Waals surface area (Å²) in [6.45, 7) is 5.48. The van der Waals surface area contributed by atoms with Crippen molar-refractivity contribution in [1.29, 1.82) is 0 Å². The van der Waals surface area contributed by atoms with Gasteiger partial charge in [0.1, 0.15) is 5.82 Å². The molecule has 1 aliphatic rings. The number of rotatable bonds is 8. The number of ether oxygens (including phenoxy) is 1. The molecule has 2 aromatic carbocycles. The molecule has 1 aliphatic heterocycles. The number of para-hydroxylation sites is 1. The van der Waals surface area contributed by atoms with Crippen molar-refractivity contribution in [3.05, 3.63) is 76.6 Å². The molecule has 1 saturated heterocycles. The smallest absolute Gasteiger partial charge is 0.261 e. The second-order valence-corrected chi connectivity index (χ2v) is 9.54. The number of carbonyl (C=O) groups excluding carboxylic acids is 2. The van der Waals surface area contributed by atoms with Crippen molar-refractivity contribution in [2.75, 3.05) is 26.2 Å². The number of aromatic nitrogens is 2. The van der Waals surface area contributed by atoms with E-state index in [0.29, 0.717) is 29.6 Å². The predicted molar refractivity (Wildman–Crippen MR) is 134 cm³/mol. The SMILES string of the molecule is CC(C)CN1C[C@@H](OCc2cccc(F)c2)CN(C(=O)CCn2cnc3ccccc3c2=O)CC1=O. The number of amides is 2. The minimum absolute atomic E-state index is 0.0454. The maximum Gasteiger partial charge on any atom is 0.261 e. The highest BCUT2D eigenvalue weighted by atomic mass is 19.1. The van der Waals surface area contributed by atoms with Gasteiger partial charge in [-0.15, -0.1) is 0 Å². The largest absolute Gasteiger partial charge is 0.370 e. The first-order chi connectivity index (χ1) is 17.3. The lowest BCUT2D eigenvalue weighted by atomic mass is 10.2. The molecule has 4 rings (SSSR count). The van der Waals surface area contributed by atoms with Crippen molar-refractivity contribution in [3.63, 3.8) is 0 Å². The molecule has 0 radical (unpaired) electrons. The van der Waals surface area contributed by atoms with Crippen LogP contribution in [0.5, 0.6) is 0 Å². The van der Waals surface area contributed by atoms with Crippen molar-refractivity contribution < 1.29 is 18.7 Å². The molecule has 0 spiro atoms. The van der Waals surface area contributed by atoms with E-state index < -0.39 is 6.10 Å².